The first-order valence-corrected chi connectivity index (χ1v) is 10.1. The van der Waals surface area contributed by atoms with Gasteiger partial charge in [-0.25, -0.2) is 8.42 Å². The lowest BCUT2D eigenvalue weighted by Gasteiger charge is -2.21. The molecule has 7 nitrogen and oxygen atoms in total. The van der Waals surface area contributed by atoms with Crippen LogP contribution in [-0.2, 0) is 10.0 Å². The van der Waals surface area contributed by atoms with Crippen molar-refractivity contribution < 1.29 is 18.0 Å². The molecule has 0 aliphatic rings. The van der Waals surface area contributed by atoms with Crippen LogP contribution in [0.1, 0.15) is 41.5 Å². The molecule has 27 heavy (non-hydrogen) atoms. The van der Waals surface area contributed by atoms with E-state index in [2.05, 4.69) is 15.4 Å². The second kappa shape index (κ2) is 7.79. The van der Waals surface area contributed by atoms with Crippen LogP contribution in [0.15, 0.2) is 48.5 Å². The minimum atomic E-state index is -3.38. The van der Waals surface area contributed by atoms with Crippen molar-refractivity contribution in [1.82, 2.24) is 5.32 Å². The third kappa shape index (κ3) is 6.41. The highest BCUT2D eigenvalue weighted by Crippen LogP contribution is 2.18. The Bertz CT molecular complexity index is 946. The van der Waals surface area contributed by atoms with Gasteiger partial charge in [-0.1, -0.05) is 12.1 Å². The van der Waals surface area contributed by atoms with E-state index >= 15 is 0 Å². The normalized spacial score (nSPS) is 11.6. The van der Waals surface area contributed by atoms with Crippen molar-refractivity contribution in [2.45, 2.75) is 26.3 Å². The fourth-order valence-electron chi connectivity index (χ4n) is 2.30. The average molecular weight is 389 g/mol. The first kappa shape index (κ1) is 20.4. The molecule has 0 heterocycles. The van der Waals surface area contributed by atoms with Crippen molar-refractivity contribution >= 4 is 33.2 Å². The van der Waals surface area contributed by atoms with Gasteiger partial charge >= 0.3 is 0 Å². The van der Waals surface area contributed by atoms with Crippen LogP contribution in [0.2, 0.25) is 0 Å². The first-order valence-electron chi connectivity index (χ1n) is 8.25. The zero-order valence-electron chi connectivity index (χ0n) is 15.7. The van der Waals surface area contributed by atoms with E-state index in [0.29, 0.717) is 22.5 Å². The predicted octanol–water partition coefficient (Wildman–Crippen LogP) is 2.84. The molecule has 0 bridgehead atoms. The van der Waals surface area contributed by atoms with Crippen molar-refractivity contribution in [3.05, 3.63) is 59.7 Å². The highest BCUT2D eigenvalue weighted by molar-refractivity contribution is 7.92. The number of nitrogens with one attached hydrogen (secondary N) is 3. The van der Waals surface area contributed by atoms with Gasteiger partial charge in [-0.05, 0) is 57.2 Å². The molecular weight excluding hydrogens is 366 g/mol. The molecular formula is C19H23N3O4S. The van der Waals surface area contributed by atoms with Crippen LogP contribution in [0.25, 0.3) is 0 Å². The lowest BCUT2D eigenvalue weighted by Crippen LogP contribution is -2.40. The number of anilines is 2. The maximum atomic E-state index is 12.5. The van der Waals surface area contributed by atoms with Crippen molar-refractivity contribution in [3.8, 4) is 0 Å². The molecule has 3 N–H and O–H groups in total. The highest BCUT2D eigenvalue weighted by atomic mass is 32.2. The number of amides is 2. The Hall–Kier alpha value is -2.87. The number of hydrogen-bond acceptors (Lipinski definition) is 4. The summed E-state index contributed by atoms with van der Waals surface area (Å²) < 4.78 is 24.8. The predicted molar refractivity (Wildman–Crippen MR) is 107 cm³/mol. The number of carbonyl (C=O) groups excluding carboxylic acids is 2. The Morgan fingerprint density at radius 1 is 0.889 bits per heavy atom. The van der Waals surface area contributed by atoms with Crippen LogP contribution >= 0.6 is 0 Å². The summed E-state index contributed by atoms with van der Waals surface area (Å²) in [6.45, 7) is 5.62. The Labute approximate surface area is 159 Å². The van der Waals surface area contributed by atoms with Crippen molar-refractivity contribution in [2.24, 2.45) is 0 Å². The Morgan fingerprint density at radius 3 is 2.04 bits per heavy atom. The summed E-state index contributed by atoms with van der Waals surface area (Å²) >= 11 is 0. The molecule has 0 unspecified atom stereocenters. The van der Waals surface area contributed by atoms with E-state index in [1.54, 1.807) is 24.3 Å². The van der Waals surface area contributed by atoms with Crippen LogP contribution in [0, 0.1) is 0 Å². The number of hydrogen-bond donors (Lipinski definition) is 3. The zero-order chi connectivity index (χ0) is 20.2. The molecule has 144 valence electrons. The van der Waals surface area contributed by atoms with Crippen molar-refractivity contribution in [2.75, 3.05) is 16.3 Å². The Balaban J connectivity index is 2.18. The van der Waals surface area contributed by atoms with Gasteiger partial charge in [0.25, 0.3) is 11.8 Å². The van der Waals surface area contributed by atoms with Crippen LogP contribution in [0.4, 0.5) is 11.4 Å². The summed E-state index contributed by atoms with van der Waals surface area (Å²) in [5.41, 5.74) is 1.04. The second-order valence-corrected chi connectivity index (χ2v) is 8.90. The van der Waals surface area contributed by atoms with Gasteiger partial charge in [-0.15, -0.1) is 0 Å². The van der Waals surface area contributed by atoms with Gasteiger partial charge < -0.3 is 10.6 Å². The first-order chi connectivity index (χ1) is 12.4. The number of sulfonamides is 1. The van der Waals surface area contributed by atoms with E-state index < -0.39 is 21.5 Å². The largest absolute Gasteiger partial charge is 0.347 e. The van der Waals surface area contributed by atoms with Gasteiger partial charge in [0.1, 0.15) is 0 Å². The molecule has 2 amide bonds. The number of benzene rings is 2. The summed E-state index contributed by atoms with van der Waals surface area (Å²) in [6, 6.07) is 12.7. The van der Waals surface area contributed by atoms with Gasteiger partial charge in [-0.2, -0.15) is 0 Å². The van der Waals surface area contributed by atoms with E-state index in [4.69, 9.17) is 0 Å². The van der Waals surface area contributed by atoms with Gasteiger partial charge in [0.15, 0.2) is 0 Å². The summed E-state index contributed by atoms with van der Waals surface area (Å²) in [5.74, 6) is -0.692. The summed E-state index contributed by atoms with van der Waals surface area (Å²) in [4.78, 5) is 24.9. The monoisotopic (exact) mass is 389 g/mol. The third-order valence-electron chi connectivity index (χ3n) is 3.36. The minimum absolute atomic E-state index is 0.286. The van der Waals surface area contributed by atoms with Crippen LogP contribution in [0.3, 0.4) is 0 Å². The van der Waals surface area contributed by atoms with Crippen molar-refractivity contribution in [1.29, 1.82) is 0 Å². The Morgan fingerprint density at radius 2 is 1.48 bits per heavy atom. The fraction of sp³-hybridized carbons (Fsp3) is 0.263. The van der Waals surface area contributed by atoms with Crippen LogP contribution in [-0.4, -0.2) is 32.0 Å². The van der Waals surface area contributed by atoms with Crippen LogP contribution < -0.4 is 15.4 Å². The molecule has 8 heteroatoms. The molecule has 2 aromatic rings. The van der Waals surface area contributed by atoms with E-state index in [9.17, 15) is 18.0 Å². The minimum Gasteiger partial charge on any atom is -0.347 e. The van der Waals surface area contributed by atoms with Gasteiger partial charge in [-0.3, -0.25) is 14.3 Å². The summed E-state index contributed by atoms with van der Waals surface area (Å²) in [7, 11) is -3.38. The number of para-hydroxylation sites is 1. The summed E-state index contributed by atoms with van der Waals surface area (Å²) in [6.07, 6.45) is 1.05. The molecule has 0 atom stereocenters. The SMILES string of the molecule is CC(C)(C)NC(=O)c1ccccc1NC(=O)c1ccc(NS(C)(=O)=O)cc1. The molecule has 0 saturated heterocycles. The molecule has 2 aromatic carbocycles. The molecule has 0 aromatic heterocycles. The van der Waals surface area contributed by atoms with Crippen molar-refractivity contribution in [3.63, 3.8) is 0 Å². The van der Waals surface area contributed by atoms with Gasteiger partial charge in [0, 0.05) is 16.8 Å². The average Bonchev–Trinajstić information content (AvgIpc) is 2.52. The number of carbonyl (C=O) groups is 2. The molecule has 0 fully saturated rings. The maximum absolute atomic E-state index is 12.5. The van der Waals surface area contributed by atoms with Gasteiger partial charge in [0.2, 0.25) is 10.0 Å². The Kier molecular flexibility index (Phi) is 5.90. The highest BCUT2D eigenvalue weighted by Gasteiger charge is 2.19. The molecule has 0 saturated carbocycles. The topological polar surface area (TPSA) is 104 Å². The molecule has 0 radical (unpaired) electrons. The quantitative estimate of drug-likeness (QED) is 0.731. The molecule has 0 aliphatic carbocycles. The standard InChI is InChI=1S/C19H23N3O4S/c1-19(2,3)21-18(24)15-7-5-6-8-16(15)20-17(23)13-9-11-14(12-10-13)22-27(4,25)26/h5-12,22H,1-4H3,(H,20,23)(H,21,24). The lowest BCUT2D eigenvalue weighted by molar-refractivity contribution is 0.0920. The van der Waals surface area contributed by atoms with E-state index in [1.807, 2.05) is 20.8 Å². The fourth-order valence-corrected chi connectivity index (χ4v) is 2.86. The smallest absolute Gasteiger partial charge is 0.255 e. The van der Waals surface area contributed by atoms with E-state index in [1.165, 1.54) is 24.3 Å². The zero-order valence-corrected chi connectivity index (χ0v) is 16.5. The lowest BCUT2D eigenvalue weighted by atomic mass is 10.1. The number of rotatable bonds is 5. The van der Waals surface area contributed by atoms with E-state index in [0.717, 1.165) is 6.26 Å². The van der Waals surface area contributed by atoms with Crippen LogP contribution in [0.5, 0.6) is 0 Å². The molecule has 0 spiro atoms. The van der Waals surface area contributed by atoms with Gasteiger partial charge in [0.05, 0.1) is 17.5 Å². The third-order valence-corrected chi connectivity index (χ3v) is 3.97. The molecule has 2 rings (SSSR count). The summed E-state index contributed by atoms with van der Waals surface area (Å²) in [5, 5.41) is 5.59. The van der Waals surface area contributed by atoms with E-state index in [-0.39, 0.29) is 5.91 Å². The molecule has 0 aliphatic heterocycles. The second-order valence-electron chi connectivity index (χ2n) is 7.16. The maximum Gasteiger partial charge on any atom is 0.255 e.